The van der Waals surface area contributed by atoms with Gasteiger partial charge in [-0.15, -0.1) is 0 Å². The summed E-state index contributed by atoms with van der Waals surface area (Å²) in [5, 5.41) is 0. The molecule has 0 aliphatic heterocycles. The van der Waals surface area contributed by atoms with Gasteiger partial charge in [-0.1, -0.05) is 17.7 Å². The maximum absolute atomic E-state index is 6.11. The molecule has 1 atom stereocenters. The summed E-state index contributed by atoms with van der Waals surface area (Å²) in [7, 11) is 0. The fourth-order valence-electron chi connectivity index (χ4n) is 2.10. The maximum Gasteiger partial charge on any atom is 0.0659 e. The average molecular weight is 207 g/mol. The molecule has 0 fully saturated rings. The average Bonchev–Trinajstić information content (AvgIpc) is 2.12. The highest BCUT2D eigenvalue weighted by molar-refractivity contribution is 5.39. The zero-order valence-electron chi connectivity index (χ0n) is 10.1. The first-order valence-corrected chi connectivity index (χ1v) is 5.47. The first-order valence-electron chi connectivity index (χ1n) is 5.47. The molecule has 0 saturated heterocycles. The van der Waals surface area contributed by atoms with Crippen LogP contribution in [0.3, 0.4) is 0 Å². The first-order chi connectivity index (χ1) is 7.06. The van der Waals surface area contributed by atoms with Gasteiger partial charge in [0.1, 0.15) is 0 Å². The number of hydrogen-bond donors (Lipinski definition) is 1. The number of nitrogens with two attached hydrogens (primary N) is 1. The molecule has 84 valence electrons. The Morgan fingerprint density at radius 3 is 2.20 bits per heavy atom. The lowest BCUT2D eigenvalue weighted by Gasteiger charge is -2.18. The summed E-state index contributed by atoms with van der Waals surface area (Å²) >= 11 is 0. The molecule has 0 amide bonds. The molecule has 0 aromatic heterocycles. The fourth-order valence-corrected chi connectivity index (χ4v) is 2.10. The molecule has 2 nitrogen and oxygen atoms in total. The third-order valence-electron chi connectivity index (χ3n) is 2.61. The third kappa shape index (κ3) is 3.05. The van der Waals surface area contributed by atoms with E-state index in [1.54, 1.807) is 0 Å². The van der Waals surface area contributed by atoms with Gasteiger partial charge < -0.3 is 10.5 Å². The molecule has 15 heavy (non-hydrogen) atoms. The Balaban J connectivity index is 2.92. The highest BCUT2D eigenvalue weighted by Gasteiger charge is 2.12. The van der Waals surface area contributed by atoms with E-state index in [9.17, 15) is 0 Å². The van der Waals surface area contributed by atoms with Crippen LogP contribution < -0.4 is 5.73 Å². The summed E-state index contributed by atoms with van der Waals surface area (Å²) in [6, 6.07) is 4.34. The van der Waals surface area contributed by atoms with E-state index in [4.69, 9.17) is 10.5 Å². The molecule has 0 aliphatic rings. The van der Waals surface area contributed by atoms with Crippen molar-refractivity contribution in [1.82, 2.24) is 0 Å². The lowest BCUT2D eigenvalue weighted by atomic mass is 9.95. The Bertz CT molecular complexity index is 310. The van der Waals surface area contributed by atoms with E-state index < -0.39 is 0 Å². The number of benzene rings is 1. The van der Waals surface area contributed by atoms with E-state index in [-0.39, 0.29) is 6.04 Å². The smallest absolute Gasteiger partial charge is 0.0659 e. The molecule has 1 unspecified atom stereocenters. The van der Waals surface area contributed by atoms with E-state index in [2.05, 4.69) is 32.9 Å². The van der Waals surface area contributed by atoms with Crippen LogP contribution in [0, 0.1) is 20.8 Å². The Kier molecular flexibility index (Phi) is 4.30. The Hall–Kier alpha value is -0.860. The number of ether oxygens (including phenoxy) is 1. The minimum atomic E-state index is -0.00875. The predicted octanol–water partition coefficient (Wildman–Crippen LogP) is 2.65. The second-order valence-corrected chi connectivity index (χ2v) is 4.08. The van der Waals surface area contributed by atoms with Crippen molar-refractivity contribution in [2.24, 2.45) is 5.73 Å². The lowest BCUT2D eigenvalue weighted by Crippen LogP contribution is -2.19. The van der Waals surface area contributed by atoms with Crippen molar-refractivity contribution in [3.63, 3.8) is 0 Å². The molecule has 0 aliphatic carbocycles. The monoisotopic (exact) mass is 207 g/mol. The van der Waals surface area contributed by atoms with Crippen molar-refractivity contribution >= 4 is 0 Å². The van der Waals surface area contributed by atoms with Crippen molar-refractivity contribution < 1.29 is 4.74 Å². The molecule has 0 saturated carbocycles. The van der Waals surface area contributed by atoms with Gasteiger partial charge >= 0.3 is 0 Å². The van der Waals surface area contributed by atoms with Crippen LogP contribution in [0.1, 0.15) is 35.2 Å². The molecule has 0 bridgehead atoms. The summed E-state index contributed by atoms with van der Waals surface area (Å²) in [6.45, 7) is 9.64. The second-order valence-electron chi connectivity index (χ2n) is 4.08. The molecular weight excluding hydrogens is 186 g/mol. The van der Waals surface area contributed by atoms with Gasteiger partial charge in [-0.3, -0.25) is 0 Å². The van der Waals surface area contributed by atoms with Crippen molar-refractivity contribution in [2.45, 2.75) is 33.7 Å². The van der Waals surface area contributed by atoms with Gasteiger partial charge in [0, 0.05) is 6.61 Å². The van der Waals surface area contributed by atoms with Gasteiger partial charge in [0.25, 0.3) is 0 Å². The molecule has 2 heteroatoms. The predicted molar refractivity (Wildman–Crippen MR) is 64.1 cm³/mol. The van der Waals surface area contributed by atoms with Crippen molar-refractivity contribution in [1.29, 1.82) is 0 Å². The molecular formula is C13H21NO. The maximum atomic E-state index is 6.11. The van der Waals surface area contributed by atoms with Gasteiger partial charge in [-0.05, 0) is 44.4 Å². The molecule has 1 aromatic rings. The summed E-state index contributed by atoms with van der Waals surface area (Å²) in [5.41, 5.74) is 11.2. The van der Waals surface area contributed by atoms with Crippen LogP contribution in [0.25, 0.3) is 0 Å². The summed E-state index contributed by atoms with van der Waals surface area (Å²) in [6.07, 6.45) is 0. The molecule has 1 aromatic carbocycles. The number of hydrogen-bond acceptors (Lipinski definition) is 2. The number of rotatable bonds is 4. The molecule has 0 heterocycles. The lowest BCUT2D eigenvalue weighted by molar-refractivity contribution is 0.133. The highest BCUT2D eigenvalue weighted by atomic mass is 16.5. The van der Waals surface area contributed by atoms with Crippen LogP contribution in [0.4, 0.5) is 0 Å². The zero-order valence-corrected chi connectivity index (χ0v) is 10.1. The van der Waals surface area contributed by atoms with Crippen LogP contribution in [0.15, 0.2) is 12.1 Å². The zero-order chi connectivity index (χ0) is 11.4. The van der Waals surface area contributed by atoms with Gasteiger partial charge in [-0.25, -0.2) is 0 Å². The summed E-state index contributed by atoms with van der Waals surface area (Å²) in [4.78, 5) is 0. The van der Waals surface area contributed by atoms with E-state index in [0.717, 1.165) is 6.61 Å². The van der Waals surface area contributed by atoms with E-state index >= 15 is 0 Å². The summed E-state index contributed by atoms with van der Waals surface area (Å²) < 4.78 is 5.36. The van der Waals surface area contributed by atoms with Crippen LogP contribution in [-0.4, -0.2) is 13.2 Å². The quantitative estimate of drug-likeness (QED) is 0.823. The summed E-state index contributed by atoms with van der Waals surface area (Å²) in [5.74, 6) is 0. The largest absolute Gasteiger partial charge is 0.380 e. The third-order valence-corrected chi connectivity index (χ3v) is 2.61. The van der Waals surface area contributed by atoms with Crippen molar-refractivity contribution in [2.75, 3.05) is 13.2 Å². The Morgan fingerprint density at radius 2 is 1.73 bits per heavy atom. The number of aryl methyl sites for hydroxylation is 3. The van der Waals surface area contributed by atoms with Crippen LogP contribution in [-0.2, 0) is 4.74 Å². The molecule has 0 radical (unpaired) electrons. The van der Waals surface area contributed by atoms with E-state index in [0.29, 0.717) is 6.61 Å². The van der Waals surface area contributed by atoms with Gasteiger partial charge in [-0.2, -0.15) is 0 Å². The normalized spacial score (nSPS) is 12.9. The standard InChI is InChI=1S/C13H21NO/c1-5-15-8-12(14)13-10(3)6-9(2)7-11(13)4/h6-7,12H,5,8,14H2,1-4H3. The molecule has 2 N–H and O–H groups in total. The minimum absolute atomic E-state index is 0.00875. The van der Waals surface area contributed by atoms with Crippen molar-refractivity contribution in [3.8, 4) is 0 Å². The topological polar surface area (TPSA) is 35.2 Å². The van der Waals surface area contributed by atoms with E-state index in [1.807, 2.05) is 6.92 Å². The first kappa shape index (κ1) is 12.2. The fraction of sp³-hybridized carbons (Fsp3) is 0.538. The van der Waals surface area contributed by atoms with Gasteiger partial charge in [0.2, 0.25) is 0 Å². The SMILES string of the molecule is CCOCC(N)c1c(C)cc(C)cc1C. The second kappa shape index (κ2) is 5.29. The van der Waals surface area contributed by atoms with Crippen molar-refractivity contribution in [3.05, 3.63) is 34.4 Å². The Morgan fingerprint density at radius 1 is 1.20 bits per heavy atom. The van der Waals surface area contributed by atoms with Gasteiger partial charge in [0.15, 0.2) is 0 Å². The van der Waals surface area contributed by atoms with Crippen LogP contribution in [0.5, 0.6) is 0 Å². The Labute approximate surface area is 92.4 Å². The molecule has 0 spiro atoms. The van der Waals surface area contributed by atoms with Crippen LogP contribution in [0.2, 0.25) is 0 Å². The van der Waals surface area contributed by atoms with E-state index in [1.165, 1.54) is 22.3 Å². The van der Waals surface area contributed by atoms with Crippen LogP contribution >= 0.6 is 0 Å². The minimum Gasteiger partial charge on any atom is -0.380 e. The highest BCUT2D eigenvalue weighted by Crippen LogP contribution is 2.22. The van der Waals surface area contributed by atoms with Gasteiger partial charge in [0.05, 0.1) is 12.6 Å². The molecule has 1 rings (SSSR count).